The van der Waals surface area contributed by atoms with Crippen molar-refractivity contribution in [3.63, 3.8) is 0 Å². The van der Waals surface area contributed by atoms with Crippen molar-refractivity contribution in [1.29, 1.82) is 5.26 Å². The lowest BCUT2D eigenvalue weighted by molar-refractivity contribution is -0.128. The molecule has 1 aliphatic rings. The zero-order valence-electron chi connectivity index (χ0n) is 11.7. The van der Waals surface area contributed by atoms with E-state index in [0.717, 1.165) is 13.1 Å². The van der Waals surface area contributed by atoms with E-state index in [4.69, 9.17) is 16.9 Å². The Labute approximate surface area is 128 Å². The molecule has 0 aliphatic carbocycles. The van der Waals surface area contributed by atoms with Gasteiger partial charge in [-0.05, 0) is 19.2 Å². The molecule has 0 saturated carbocycles. The molecular weight excluding hydrogens is 290 g/mol. The number of halogens is 1. The van der Waals surface area contributed by atoms with Gasteiger partial charge >= 0.3 is 0 Å². The predicted molar refractivity (Wildman–Crippen MR) is 80.6 cm³/mol. The van der Waals surface area contributed by atoms with Gasteiger partial charge in [0.15, 0.2) is 5.15 Å². The summed E-state index contributed by atoms with van der Waals surface area (Å²) >= 11 is 5.91. The zero-order chi connectivity index (χ0) is 15.2. The first-order chi connectivity index (χ1) is 10.1. The number of rotatable bonds is 3. The number of aromatic nitrogens is 1. The summed E-state index contributed by atoms with van der Waals surface area (Å²) in [6, 6.07) is 5.37. The topological polar surface area (TPSA) is 72.3 Å². The Morgan fingerprint density at radius 1 is 1.48 bits per heavy atom. The van der Waals surface area contributed by atoms with Gasteiger partial charge in [0.1, 0.15) is 11.6 Å². The van der Waals surface area contributed by atoms with E-state index in [1.54, 1.807) is 23.2 Å². The van der Waals surface area contributed by atoms with E-state index >= 15 is 0 Å². The summed E-state index contributed by atoms with van der Waals surface area (Å²) in [5.41, 5.74) is 0.609. The minimum absolute atomic E-state index is 0.0551. The van der Waals surface area contributed by atoms with Gasteiger partial charge in [0.05, 0.1) is 5.69 Å². The van der Waals surface area contributed by atoms with Crippen LogP contribution < -0.4 is 5.32 Å². The summed E-state index contributed by atoms with van der Waals surface area (Å²) in [6.07, 6.45) is 2.95. The van der Waals surface area contributed by atoms with Crippen LogP contribution in [0, 0.1) is 11.3 Å². The molecule has 1 N–H and O–H groups in total. The van der Waals surface area contributed by atoms with Crippen molar-refractivity contribution >= 4 is 23.2 Å². The molecule has 1 aliphatic heterocycles. The van der Waals surface area contributed by atoms with E-state index in [2.05, 4.69) is 15.2 Å². The SMILES string of the molecule is CN1CCN(C(=O)/C(C#N)=C\Nc2cccnc2Cl)CC1. The molecule has 2 heterocycles. The van der Waals surface area contributed by atoms with Crippen molar-refractivity contribution in [3.05, 3.63) is 35.3 Å². The molecule has 21 heavy (non-hydrogen) atoms. The summed E-state index contributed by atoms with van der Waals surface area (Å²) in [5.74, 6) is -0.266. The van der Waals surface area contributed by atoms with Crippen LogP contribution in [0.2, 0.25) is 5.15 Å². The number of likely N-dealkylation sites (N-methyl/N-ethyl adjacent to an activating group) is 1. The normalized spacial score (nSPS) is 16.4. The smallest absolute Gasteiger partial charge is 0.266 e. The number of nitrogens with one attached hydrogen (secondary N) is 1. The minimum atomic E-state index is -0.266. The Bertz CT molecular complexity index is 587. The van der Waals surface area contributed by atoms with Crippen LogP contribution in [-0.4, -0.2) is 53.9 Å². The van der Waals surface area contributed by atoms with Gasteiger partial charge in [-0.25, -0.2) is 4.98 Å². The number of anilines is 1. The third-order valence-electron chi connectivity index (χ3n) is 3.27. The molecule has 1 amide bonds. The zero-order valence-corrected chi connectivity index (χ0v) is 12.5. The molecule has 1 aromatic heterocycles. The highest BCUT2D eigenvalue weighted by Crippen LogP contribution is 2.18. The van der Waals surface area contributed by atoms with Crippen LogP contribution in [0.3, 0.4) is 0 Å². The predicted octanol–water partition coefficient (Wildman–Crippen LogP) is 1.33. The number of hydrogen-bond donors (Lipinski definition) is 1. The molecule has 0 aromatic carbocycles. The molecule has 1 saturated heterocycles. The lowest BCUT2D eigenvalue weighted by atomic mass is 10.2. The number of carbonyl (C=O) groups excluding carboxylic acids is 1. The van der Waals surface area contributed by atoms with Crippen LogP contribution in [0.4, 0.5) is 5.69 Å². The van der Waals surface area contributed by atoms with Crippen LogP contribution in [0.25, 0.3) is 0 Å². The van der Waals surface area contributed by atoms with Crippen LogP contribution in [0.1, 0.15) is 0 Å². The standard InChI is InChI=1S/C14H16ClN5O/c1-19-5-7-20(8-6-19)14(21)11(9-16)10-18-12-3-2-4-17-13(12)15/h2-4,10,18H,5-8H2,1H3/b11-10-. The number of piperazine rings is 1. The van der Waals surface area contributed by atoms with Crippen molar-refractivity contribution in [2.45, 2.75) is 0 Å². The Morgan fingerprint density at radius 3 is 2.81 bits per heavy atom. The highest BCUT2D eigenvalue weighted by Gasteiger charge is 2.22. The first-order valence-electron chi connectivity index (χ1n) is 6.57. The van der Waals surface area contributed by atoms with Gasteiger partial charge in [0.2, 0.25) is 0 Å². The average Bonchev–Trinajstić information content (AvgIpc) is 2.50. The molecule has 0 spiro atoms. The summed E-state index contributed by atoms with van der Waals surface area (Å²) in [6.45, 7) is 2.88. The van der Waals surface area contributed by atoms with Gasteiger partial charge in [-0.1, -0.05) is 11.6 Å². The monoisotopic (exact) mass is 305 g/mol. The largest absolute Gasteiger partial charge is 0.358 e. The number of nitrogens with zero attached hydrogens (tertiary/aromatic N) is 4. The fourth-order valence-electron chi connectivity index (χ4n) is 1.97. The summed E-state index contributed by atoms with van der Waals surface area (Å²) in [4.78, 5) is 20.0. The minimum Gasteiger partial charge on any atom is -0.358 e. The Kier molecular flexibility index (Phi) is 5.14. The van der Waals surface area contributed by atoms with Crippen LogP contribution >= 0.6 is 11.6 Å². The lowest BCUT2D eigenvalue weighted by Gasteiger charge is -2.32. The van der Waals surface area contributed by atoms with Crippen LogP contribution in [0.5, 0.6) is 0 Å². The first-order valence-corrected chi connectivity index (χ1v) is 6.94. The van der Waals surface area contributed by atoms with Crippen molar-refractivity contribution in [2.24, 2.45) is 0 Å². The van der Waals surface area contributed by atoms with E-state index in [1.807, 2.05) is 13.1 Å². The highest BCUT2D eigenvalue weighted by atomic mass is 35.5. The maximum Gasteiger partial charge on any atom is 0.266 e. The molecule has 1 aromatic rings. The number of nitriles is 1. The molecule has 0 atom stereocenters. The molecule has 6 nitrogen and oxygen atoms in total. The van der Waals surface area contributed by atoms with Crippen molar-refractivity contribution in [1.82, 2.24) is 14.8 Å². The van der Waals surface area contributed by atoms with Gasteiger partial charge in [0.25, 0.3) is 5.91 Å². The van der Waals surface area contributed by atoms with Crippen molar-refractivity contribution < 1.29 is 4.79 Å². The molecule has 110 valence electrons. The van der Waals surface area contributed by atoms with Gasteiger partial charge in [0, 0.05) is 38.6 Å². The van der Waals surface area contributed by atoms with Gasteiger partial charge in [-0.3, -0.25) is 4.79 Å². The number of pyridine rings is 1. The highest BCUT2D eigenvalue weighted by molar-refractivity contribution is 6.32. The Morgan fingerprint density at radius 2 is 2.19 bits per heavy atom. The molecule has 2 rings (SSSR count). The average molecular weight is 306 g/mol. The summed E-state index contributed by atoms with van der Waals surface area (Å²) in [5, 5.41) is 12.3. The van der Waals surface area contributed by atoms with Crippen LogP contribution in [-0.2, 0) is 4.79 Å². The van der Waals surface area contributed by atoms with Crippen molar-refractivity contribution in [3.8, 4) is 6.07 Å². The summed E-state index contributed by atoms with van der Waals surface area (Å²) in [7, 11) is 2.01. The first kappa shape index (κ1) is 15.3. The second-order valence-electron chi connectivity index (χ2n) is 4.75. The fraction of sp³-hybridized carbons (Fsp3) is 0.357. The molecule has 1 fully saturated rings. The number of amides is 1. The summed E-state index contributed by atoms with van der Waals surface area (Å²) < 4.78 is 0. The molecular formula is C14H16ClN5O. The molecule has 0 unspecified atom stereocenters. The molecule has 7 heteroatoms. The second-order valence-corrected chi connectivity index (χ2v) is 5.11. The van der Waals surface area contributed by atoms with E-state index in [1.165, 1.54) is 6.20 Å². The second kappa shape index (κ2) is 7.07. The van der Waals surface area contributed by atoms with Crippen molar-refractivity contribution in [2.75, 3.05) is 38.5 Å². The van der Waals surface area contributed by atoms with Gasteiger partial charge in [-0.15, -0.1) is 0 Å². The van der Waals surface area contributed by atoms with E-state index in [-0.39, 0.29) is 16.6 Å². The van der Waals surface area contributed by atoms with Crippen LogP contribution in [0.15, 0.2) is 30.1 Å². The quantitative estimate of drug-likeness (QED) is 0.518. The van der Waals surface area contributed by atoms with E-state index < -0.39 is 0 Å². The van der Waals surface area contributed by atoms with E-state index in [9.17, 15) is 4.79 Å². The third kappa shape index (κ3) is 3.94. The Balaban J connectivity index is 2.05. The third-order valence-corrected chi connectivity index (χ3v) is 3.57. The molecule has 0 radical (unpaired) electrons. The van der Waals surface area contributed by atoms with E-state index in [0.29, 0.717) is 18.8 Å². The maximum absolute atomic E-state index is 12.3. The Hall–Kier alpha value is -2.10. The number of hydrogen-bond acceptors (Lipinski definition) is 5. The maximum atomic E-state index is 12.3. The fourth-order valence-corrected chi connectivity index (χ4v) is 2.14. The van der Waals surface area contributed by atoms with Gasteiger partial charge in [-0.2, -0.15) is 5.26 Å². The number of carbonyl (C=O) groups is 1. The molecule has 0 bridgehead atoms. The lowest BCUT2D eigenvalue weighted by Crippen LogP contribution is -2.47. The van der Waals surface area contributed by atoms with Gasteiger partial charge < -0.3 is 15.1 Å².